The Kier molecular flexibility index (Phi) is 3.52. The molecule has 16 atom stereocenters. The third kappa shape index (κ3) is 2.10. The Balaban J connectivity index is 0.944. The van der Waals surface area contributed by atoms with E-state index in [2.05, 4.69) is 12.2 Å². The number of ether oxygens (including phenoxy) is 3. The van der Waals surface area contributed by atoms with Crippen molar-refractivity contribution >= 4 is 6.16 Å². The average Bonchev–Trinajstić information content (AvgIpc) is 3.62. The van der Waals surface area contributed by atoms with Gasteiger partial charge in [0.1, 0.15) is 6.10 Å². The molecule has 0 radical (unpaired) electrons. The van der Waals surface area contributed by atoms with Gasteiger partial charge in [0.05, 0.1) is 6.61 Å². The maximum atomic E-state index is 12.5. The predicted molar refractivity (Wildman–Crippen MR) is 116 cm³/mol. The van der Waals surface area contributed by atoms with Gasteiger partial charge >= 0.3 is 6.16 Å². The highest BCUT2D eigenvalue weighted by Crippen LogP contribution is 2.80. The summed E-state index contributed by atoms with van der Waals surface area (Å²) in [5.41, 5.74) is 0. The van der Waals surface area contributed by atoms with Crippen LogP contribution in [0.3, 0.4) is 0 Å². The highest BCUT2D eigenvalue weighted by atomic mass is 16.8. The largest absolute Gasteiger partial charge is 0.510 e. The molecule has 0 aromatic rings. The van der Waals surface area contributed by atoms with Gasteiger partial charge in [-0.25, -0.2) is 4.79 Å². The molecule has 0 spiro atoms. The van der Waals surface area contributed by atoms with Crippen molar-refractivity contribution in [2.24, 2.45) is 82.9 Å². The molecule has 7 saturated carbocycles. The lowest BCUT2D eigenvalue weighted by molar-refractivity contribution is -0.151. The monoisotopic (exact) mass is 436 g/mol. The van der Waals surface area contributed by atoms with E-state index in [0.29, 0.717) is 12.5 Å². The molecule has 4 nitrogen and oxygen atoms in total. The van der Waals surface area contributed by atoms with Crippen molar-refractivity contribution in [3.63, 3.8) is 0 Å². The predicted octanol–water partition coefficient (Wildman–Crippen LogP) is 5.28. The van der Waals surface area contributed by atoms with E-state index in [1.54, 1.807) is 6.42 Å². The SMILES string of the molecule is O=C(OC1CCCCO1)OC1CC2CC1C1C3CC(C21)C1C2CC(C4C5C=CC(C5)C24)C31. The van der Waals surface area contributed by atoms with Crippen LogP contribution in [0.1, 0.15) is 51.4 Å². The summed E-state index contributed by atoms with van der Waals surface area (Å²) in [6.45, 7) is 0.697. The van der Waals surface area contributed by atoms with Crippen molar-refractivity contribution in [3.8, 4) is 0 Å². The summed E-state index contributed by atoms with van der Waals surface area (Å²) in [5, 5.41) is 0. The van der Waals surface area contributed by atoms with Crippen molar-refractivity contribution in [2.75, 3.05) is 6.61 Å². The quantitative estimate of drug-likeness (QED) is 0.336. The number of carbonyl (C=O) groups is 1. The van der Waals surface area contributed by atoms with Gasteiger partial charge in [0.2, 0.25) is 6.29 Å². The zero-order valence-electron chi connectivity index (χ0n) is 18.9. The fraction of sp³-hybridized carbons (Fsp3) is 0.893. The smallest absolute Gasteiger partial charge is 0.431 e. The molecule has 0 N–H and O–H groups in total. The lowest BCUT2D eigenvalue weighted by Gasteiger charge is -2.50. The third-order valence-corrected chi connectivity index (χ3v) is 12.8. The Bertz CT molecular complexity index is 877. The minimum absolute atomic E-state index is 0.104. The molecule has 1 saturated heterocycles. The number of carbonyl (C=O) groups excluding carboxylic acids is 1. The first-order valence-corrected chi connectivity index (χ1v) is 13.9. The minimum Gasteiger partial charge on any atom is -0.431 e. The van der Waals surface area contributed by atoms with E-state index in [9.17, 15) is 4.79 Å². The van der Waals surface area contributed by atoms with Crippen molar-refractivity contribution < 1.29 is 19.0 Å². The Labute approximate surface area is 190 Å². The molecule has 16 unspecified atom stereocenters. The summed E-state index contributed by atoms with van der Waals surface area (Å²) in [7, 11) is 0. The van der Waals surface area contributed by atoms with E-state index in [1.165, 1.54) is 19.3 Å². The van der Waals surface area contributed by atoms with Gasteiger partial charge in [-0.05, 0) is 128 Å². The maximum Gasteiger partial charge on any atom is 0.510 e. The molecule has 172 valence electrons. The Hall–Kier alpha value is -1.03. The topological polar surface area (TPSA) is 44.8 Å². The van der Waals surface area contributed by atoms with Gasteiger partial charge in [-0.15, -0.1) is 0 Å². The number of fused-ring (bicyclic) bond motifs is 23. The molecule has 0 aromatic heterocycles. The lowest BCUT2D eigenvalue weighted by Crippen LogP contribution is -2.48. The standard InChI is InChI=1S/C28H36O4/c29-28(32-21-3-1-2-6-30-21)31-20-9-14-8-15(20)25-19-11-18(24(14)25)26-16-10-17(27(19)26)23-13-5-4-12(7-13)22(16)23/h4-5,12-27H,1-3,6-11H2. The van der Waals surface area contributed by atoms with Crippen LogP contribution in [0.25, 0.3) is 0 Å². The van der Waals surface area contributed by atoms with Gasteiger partial charge in [0.15, 0.2) is 0 Å². The van der Waals surface area contributed by atoms with Crippen LogP contribution in [0.2, 0.25) is 0 Å². The van der Waals surface area contributed by atoms with Crippen molar-refractivity contribution in [1.29, 1.82) is 0 Å². The molecular weight excluding hydrogens is 400 g/mol. The maximum absolute atomic E-state index is 12.5. The van der Waals surface area contributed by atoms with Crippen molar-refractivity contribution in [2.45, 2.75) is 63.8 Å². The molecule has 8 fully saturated rings. The fourth-order valence-corrected chi connectivity index (χ4v) is 12.6. The third-order valence-electron chi connectivity index (χ3n) is 12.8. The summed E-state index contributed by atoms with van der Waals surface area (Å²) in [6, 6.07) is 0. The zero-order valence-corrected chi connectivity index (χ0v) is 18.9. The van der Waals surface area contributed by atoms with Crippen LogP contribution < -0.4 is 0 Å². The van der Waals surface area contributed by atoms with Crippen LogP contribution in [0.4, 0.5) is 4.79 Å². The molecule has 32 heavy (non-hydrogen) atoms. The van der Waals surface area contributed by atoms with E-state index in [4.69, 9.17) is 14.2 Å². The van der Waals surface area contributed by atoms with E-state index < -0.39 is 6.16 Å². The molecule has 8 aliphatic carbocycles. The summed E-state index contributed by atoms with van der Waals surface area (Å²) in [5.74, 6) is 13.3. The minimum atomic E-state index is -0.469. The van der Waals surface area contributed by atoms with Gasteiger partial charge in [-0.2, -0.15) is 0 Å². The summed E-state index contributed by atoms with van der Waals surface area (Å²) in [4.78, 5) is 12.5. The van der Waals surface area contributed by atoms with E-state index in [-0.39, 0.29) is 12.4 Å². The average molecular weight is 437 g/mol. The number of hydrogen-bond donors (Lipinski definition) is 0. The Morgan fingerprint density at radius 3 is 2.09 bits per heavy atom. The van der Waals surface area contributed by atoms with Crippen LogP contribution in [-0.4, -0.2) is 25.2 Å². The van der Waals surface area contributed by atoms with Crippen molar-refractivity contribution in [3.05, 3.63) is 12.2 Å². The molecular formula is C28H36O4. The summed E-state index contributed by atoms with van der Waals surface area (Å²) < 4.78 is 17.1. The van der Waals surface area contributed by atoms with Gasteiger partial charge in [0.25, 0.3) is 0 Å². The van der Waals surface area contributed by atoms with Crippen LogP contribution in [0.15, 0.2) is 12.2 Å². The Morgan fingerprint density at radius 2 is 1.38 bits per heavy atom. The Morgan fingerprint density at radius 1 is 0.688 bits per heavy atom. The van der Waals surface area contributed by atoms with Crippen molar-refractivity contribution in [1.82, 2.24) is 0 Å². The highest BCUT2D eigenvalue weighted by Gasteiger charge is 2.76. The van der Waals surface area contributed by atoms with Gasteiger partial charge in [0, 0.05) is 6.42 Å². The first-order valence-electron chi connectivity index (χ1n) is 13.9. The van der Waals surface area contributed by atoms with Crippen LogP contribution in [0, 0.1) is 82.9 Å². The van der Waals surface area contributed by atoms with Gasteiger partial charge < -0.3 is 14.2 Å². The van der Waals surface area contributed by atoms with Crippen LogP contribution in [-0.2, 0) is 14.2 Å². The molecule has 4 heteroatoms. The lowest BCUT2D eigenvalue weighted by atomic mass is 9.55. The zero-order chi connectivity index (χ0) is 20.7. The summed E-state index contributed by atoms with van der Waals surface area (Å²) >= 11 is 0. The number of hydrogen-bond acceptors (Lipinski definition) is 4. The number of allylic oxidation sites excluding steroid dienone is 2. The molecule has 0 aromatic carbocycles. The van der Waals surface area contributed by atoms with E-state index >= 15 is 0 Å². The second-order valence-electron chi connectivity index (χ2n) is 13.3. The second-order valence-corrected chi connectivity index (χ2v) is 13.3. The first kappa shape index (κ1) is 18.3. The fourth-order valence-electron chi connectivity index (χ4n) is 12.6. The molecule has 1 heterocycles. The second kappa shape index (κ2) is 6.15. The van der Waals surface area contributed by atoms with E-state index in [0.717, 1.165) is 103 Å². The van der Waals surface area contributed by atoms with Crippen LogP contribution >= 0.6 is 0 Å². The summed E-state index contributed by atoms with van der Waals surface area (Å²) in [6.07, 6.45) is 14.4. The van der Waals surface area contributed by atoms with Crippen LogP contribution in [0.5, 0.6) is 0 Å². The molecule has 9 rings (SSSR count). The highest BCUT2D eigenvalue weighted by molar-refractivity contribution is 5.60. The van der Waals surface area contributed by atoms with Gasteiger partial charge in [-0.1, -0.05) is 12.2 Å². The molecule has 9 aliphatic rings. The normalized spacial score (nSPS) is 63.6. The molecule has 0 amide bonds. The molecule has 1 aliphatic heterocycles. The number of rotatable bonds is 2. The van der Waals surface area contributed by atoms with E-state index in [1.807, 2.05) is 0 Å². The van der Waals surface area contributed by atoms with Gasteiger partial charge in [-0.3, -0.25) is 0 Å². The first-order chi connectivity index (χ1) is 15.8. The molecule has 8 bridgehead atoms.